The maximum Gasteiger partial charge on any atom is 0.251 e. The van der Waals surface area contributed by atoms with E-state index in [0.717, 1.165) is 24.2 Å². The maximum absolute atomic E-state index is 11.7. The molecule has 1 aliphatic rings. The van der Waals surface area contributed by atoms with E-state index in [-0.39, 0.29) is 11.9 Å². The molecular weight excluding hydrogens is 262 g/mol. The van der Waals surface area contributed by atoms with Crippen LogP contribution in [0.5, 0.6) is 0 Å². The van der Waals surface area contributed by atoms with Crippen LogP contribution in [0.4, 0.5) is 5.69 Å². The van der Waals surface area contributed by atoms with E-state index in [0.29, 0.717) is 12.1 Å². The Morgan fingerprint density at radius 2 is 2.10 bits per heavy atom. The van der Waals surface area contributed by atoms with E-state index in [1.165, 1.54) is 5.56 Å². The zero-order valence-electron chi connectivity index (χ0n) is 12.1. The molecule has 1 aromatic carbocycles. The molecule has 0 spiro atoms. The van der Waals surface area contributed by atoms with Crippen LogP contribution in [-0.2, 0) is 6.42 Å². The molecule has 1 heterocycles. The standard InChI is InChI=1S/C17H19N3O/c1-2-18-17(21)13-5-8-14(9-6-13)20-15-10-7-12-4-3-11-19-16(12)15/h3-6,8-9,11,15,20H,2,7,10H2,1H3,(H,18,21). The lowest BCUT2D eigenvalue weighted by Crippen LogP contribution is -2.22. The fraction of sp³-hybridized carbons (Fsp3) is 0.294. The highest BCUT2D eigenvalue weighted by Gasteiger charge is 2.23. The second-order valence-electron chi connectivity index (χ2n) is 5.22. The largest absolute Gasteiger partial charge is 0.377 e. The number of aryl methyl sites for hydroxylation is 1. The number of fused-ring (bicyclic) bond motifs is 1. The van der Waals surface area contributed by atoms with Crippen molar-refractivity contribution in [3.8, 4) is 0 Å². The lowest BCUT2D eigenvalue weighted by Gasteiger charge is -2.15. The number of nitrogens with zero attached hydrogens (tertiary/aromatic N) is 1. The van der Waals surface area contributed by atoms with Crippen molar-refractivity contribution < 1.29 is 4.79 Å². The first-order chi connectivity index (χ1) is 10.3. The Kier molecular flexibility index (Phi) is 3.86. The molecule has 0 fully saturated rings. The first kappa shape index (κ1) is 13.6. The molecule has 1 aliphatic carbocycles. The molecule has 3 rings (SSSR count). The summed E-state index contributed by atoms with van der Waals surface area (Å²) in [5, 5.41) is 6.30. The van der Waals surface area contributed by atoms with Crippen molar-refractivity contribution in [1.82, 2.24) is 10.3 Å². The highest BCUT2D eigenvalue weighted by Crippen LogP contribution is 2.31. The molecule has 4 nitrogen and oxygen atoms in total. The molecule has 108 valence electrons. The zero-order chi connectivity index (χ0) is 14.7. The summed E-state index contributed by atoms with van der Waals surface area (Å²) in [5.41, 5.74) is 4.18. The molecule has 2 aromatic rings. The van der Waals surface area contributed by atoms with Gasteiger partial charge in [0.25, 0.3) is 5.91 Å². The summed E-state index contributed by atoms with van der Waals surface area (Å²) in [5.74, 6) is -0.0306. The summed E-state index contributed by atoms with van der Waals surface area (Å²) < 4.78 is 0. The van der Waals surface area contributed by atoms with Gasteiger partial charge >= 0.3 is 0 Å². The van der Waals surface area contributed by atoms with Crippen molar-refractivity contribution in [2.45, 2.75) is 25.8 Å². The summed E-state index contributed by atoms with van der Waals surface area (Å²) in [7, 11) is 0. The van der Waals surface area contributed by atoms with Gasteiger partial charge < -0.3 is 10.6 Å². The molecule has 1 atom stereocenters. The Hall–Kier alpha value is -2.36. The quantitative estimate of drug-likeness (QED) is 0.906. The lowest BCUT2D eigenvalue weighted by molar-refractivity contribution is 0.0956. The van der Waals surface area contributed by atoms with E-state index in [2.05, 4.69) is 21.7 Å². The second-order valence-corrected chi connectivity index (χ2v) is 5.22. The van der Waals surface area contributed by atoms with Crippen molar-refractivity contribution in [3.05, 3.63) is 59.4 Å². The minimum atomic E-state index is -0.0306. The van der Waals surface area contributed by atoms with Crippen LogP contribution in [0.2, 0.25) is 0 Å². The number of rotatable bonds is 4. The van der Waals surface area contributed by atoms with E-state index >= 15 is 0 Å². The smallest absolute Gasteiger partial charge is 0.251 e. The molecule has 1 aromatic heterocycles. The van der Waals surface area contributed by atoms with Gasteiger partial charge in [0, 0.05) is 24.0 Å². The lowest BCUT2D eigenvalue weighted by atomic mass is 10.1. The zero-order valence-corrected chi connectivity index (χ0v) is 12.1. The predicted octanol–water partition coefficient (Wildman–Crippen LogP) is 2.93. The normalized spacial score (nSPS) is 16.3. The number of anilines is 1. The first-order valence-electron chi connectivity index (χ1n) is 7.36. The molecule has 4 heteroatoms. The number of aromatic nitrogens is 1. The van der Waals surface area contributed by atoms with Crippen LogP contribution in [0.15, 0.2) is 42.6 Å². The molecule has 1 amide bonds. The number of carbonyl (C=O) groups is 1. The van der Waals surface area contributed by atoms with Gasteiger partial charge in [0.2, 0.25) is 0 Å². The average molecular weight is 281 g/mol. The fourth-order valence-corrected chi connectivity index (χ4v) is 2.73. The fourth-order valence-electron chi connectivity index (χ4n) is 2.73. The third-order valence-corrected chi connectivity index (χ3v) is 3.78. The van der Waals surface area contributed by atoms with Crippen molar-refractivity contribution in [1.29, 1.82) is 0 Å². The van der Waals surface area contributed by atoms with Crippen LogP contribution in [0.25, 0.3) is 0 Å². The Labute approximate surface area is 124 Å². The third kappa shape index (κ3) is 2.89. The molecule has 0 bridgehead atoms. The highest BCUT2D eigenvalue weighted by molar-refractivity contribution is 5.94. The minimum absolute atomic E-state index is 0.0306. The molecule has 0 saturated heterocycles. The maximum atomic E-state index is 11.7. The van der Waals surface area contributed by atoms with Crippen LogP contribution >= 0.6 is 0 Å². The average Bonchev–Trinajstić information content (AvgIpc) is 2.92. The number of carbonyl (C=O) groups excluding carboxylic acids is 1. The Bertz CT molecular complexity index is 637. The SMILES string of the molecule is CCNC(=O)c1ccc(NC2CCc3cccnc32)cc1. The van der Waals surface area contributed by atoms with Gasteiger partial charge in [-0.05, 0) is 55.7 Å². The van der Waals surface area contributed by atoms with Gasteiger partial charge in [-0.3, -0.25) is 9.78 Å². The van der Waals surface area contributed by atoms with Crippen LogP contribution < -0.4 is 10.6 Å². The molecule has 21 heavy (non-hydrogen) atoms. The van der Waals surface area contributed by atoms with Gasteiger partial charge in [0.1, 0.15) is 0 Å². The number of nitrogens with one attached hydrogen (secondary N) is 2. The second kappa shape index (κ2) is 5.95. The monoisotopic (exact) mass is 281 g/mol. The van der Waals surface area contributed by atoms with Gasteiger partial charge in [0.15, 0.2) is 0 Å². The van der Waals surface area contributed by atoms with E-state index in [1.54, 1.807) is 0 Å². The van der Waals surface area contributed by atoms with Crippen LogP contribution in [0.3, 0.4) is 0 Å². The number of pyridine rings is 1. The number of benzene rings is 1. The van der Waals surface area contributed by atoms with Gasteiger partial charge in [0.05, 0.1) is 11.7 Å². The Morgan fingerprint density at radius 1 is 1.29 bits per heavy atom. The third-order valence-electron chi connectivity index (χ3n) is 3.78. The Balaban J connectivity index is 1.71. The van der Waals surface area contributed by atoms with Crippen molar-refractivity contribution >= 4 is 11.6 Å². The van der Waals surface area contributed by atoms with E-state index in [4.69, 9.17) is 0 Å². The summed E-state index contributed by atoms with van der Waals surface area (Å²) in [6.45, 7) is 2.56. The van der Waals surface area contributed by atoms with Crippen molar-refractivity contribution in [3.63, 3.8) is 0 Å². The minimum Gasteiger partial charge on any atom is -0.377 e. The summed E-state index contributed by atoms with van der Waals surface area (Å²) in [6, 6.07) is 12.0. The summed E-state index contributed by atoms with van der Waals surface area (Å²) >= 11 is 0. The van der Waals surface area contributed by atoms with Gasteiger partial charge in [-0.1, -0.05) is 6.07 Å². The molecule has 0 radical (unpaired) electrons. The van der Waals surface area contributed by atoms with Crippen LogP contribution in [-0.4, -0.2) is 17.4 Å². The summed E-state index contributed by atoms with van der Waals surface area (Å²) in [4.78, 5) is 16.2. The molecule has 0 aliphatic heterocycles. The van der Waals surface area contributed by atoms with E-state index in [1.807, 2.05) is 43.5 Å². The van der Waals surface area contributed by atoms with Gasteiger partial charge in [-0.2, -0.15) is 0 Å². The van der Waals surface area contributed by atoms with Crippen LogP contribution in [0.1, 0.15) is 41.0 Å². The first-order valence-corrected chi connectivity index (χ1v) is 7.36. The van der Waals surface area contributed by atoms with E-state index < -0.39 is 0 Å². The molecule has 0 saturated carbocycles. The predicted molar refractivity (Wildman–Crippen MR) is 83.4 cm³/mol. The Morgan fingerprint density at radius 3 is 2.86 bits per heavy atom. The van der Waals surface area contributed by atoms with Gasteiger partial charge in [-0.15, -0.1) is 0 Å². The number of hydrogen-bond acceptors (Lipinski definition) is 3. The molecule has 1 unspecified atom stereocenters. The van der Waals surface area contributed by atoms with Crippen LogP contribution in [0, 0.1) is 0 Å². The van der Waals surface area contributed by atoms with Crippen molar-refractivity contribution in [2.75, 3.05) is 11.9 Å². The van der Waals surface area contributed by atoms with Crippen molar-refractivity contribution in [2.24, 2.45) is 0 Å². The number of hydrogen-bond donors (Lipinski definition) is 2. The van der Waals surface area contributed by atoms with Gasteiger partial charge in [-0.25, -0.2) is 0 Å². The number of amides is 1. The summed E-state index contributed by atoms with van der Waals surface area (Å²) in [6.07, 6.45) is 3.97. The molecule has 2 N–H and O–H groups in total. The topological polar surface area (TPSA) is 54.0 Å². The van der Waals surface area contributed by atoms with E-state index in [9.17, 15) is 4.79 Å². The highest BCUT2D eigenvalue weighted by atomic mass is 16.1. The molecular formula is C17H19N3O.